The van der Waals surface area contributed by atoms with E-state index in [-0.39, 0.29) is 11.3 Å². The van der Waals surface area contributed by atoms with Gasteiger partial charge < -0.3 is 20.6 Å². The number of pyridine rings is 1. The first-order valence-electron chi connectivity index (χ1n) is 6.33. The molecule has 0 aliphatic heterocycles. The fraction of sp³-hybridized carbons (Fsp3) is 0.357. The maximum atomic E-state index is 10.2. The summed E-state index contributed by atoms with van der Waals surface area (Å²) in [6, 6.07) is 4.91. The highest BCUT2D eigenvalue weighted by Crippen LogP contribution is 2.37. The number of aromatic hydroxyl groups is 1. The van der Waals surface area contributed by atoms with Gasteiger partial charge in [-0.25, -0.2) is 0 Å². The molecule has 0 fully saturated rings. The van der Waals surface area contributed by atoms with Gasteiger partial charge in [-0.3, -0.25) is 4.98 Å². The number of rotatable bonds is 5. The van der Waals surface area contributed by atoms with Gasteiger partial charge in [0.1, 0.15) is 17.4 Å². The van der Waals surface area contributed by atoms with Gasteiger partial charge in [0.05, 0.1) is 11.1 Å². The SMILES string of the molecule is CNCCC(O)C(O)c1cc(Cl)c2cccnc2c1O. The van der Waals surface area contributed by atoms with E-state index in [1.165, 1.54) is 12.3 Å². The molecule has 2 aromatic rings. The number of aliphatic hydroxyl groups excluding tert-OH is 2. The second kappa shape index (κ2) is 6.37. The van der Waals surface area contributed by atoms with Gasteiger partial charge in [-0.05, 0) is 38.2 Å². The minimum Gasteiger partial charge on any atom is -0.505 e. The molecule has 2 unspecified atom stereocenters. The van der Waals surface area contributed by atoms with E-state index in [1.807, 2.05) is 0 Å². The average molecular weight is 297 g/mol. The molecule has 6 heteroatoms. The molecular weight excluding hydrogens is 280 g/mol. The molecule has 0 aliphatic rings. The van der Waals surface area contributed by atoms with Crippen LogP contribution in [0.15, 0.2) is 24.4 Å². The Bertz CT molecular complexity index is 606. The lowest BCUT2D eigenvalue weighted by molar-refractivity contribution is 0.0128. The predicted molar refractivity (Wildman–Crippen MR) is 77.9 cm³/mol. The summed E-state index contributed by atoms with van der Waals surface area (Å²) in [4.78, 5) is 4.07. The Hall–Kier alpha value is -1.40. The summed E-state index contributed by atoms with van der Waals surface area (Å²) in [6.07, 6.45) is -0.321. The van der Waals surface area contributed by atoms with E-state index < -0.39 is 12.2 Å². The van der Waals surface area contributed by atoms with Crippen LogP contribution in [0.3, 0.4) is 0 Å². The summed E-state index contributed by atoms with van der Waals surface area (Å²) in [5.41, 5.74) is 0.500. The van der Waals surface area contributed by atoms with Crippen LogP contribution in [-0.4, -0.2) is 40.0 Å². The first kappa shape index (κ1) is 15.0. The van der Waals surface area contributed by atoms with Crippen LogP contribution < -0.4 is 5.32 Å². The van der Waals surface area contributed by atoms with Crippen LogP contribution in [0.4, 0.5) is 0 Å². The van der Waals surface area contributed by atoms with Crippen LogP contribution in [0.5, 0.6) is 5.75 Å². The van der Waals surface area contributed by atoms with Gasteiger partial charge in [0.15, 0.2) is 0 Å². The van der Waals surface area contributed by atoms with Gasteiger partial charge in [0.2, 0.25) is 0 Å². The minimum atomic E-state index is -1.22. The highest BCUT2D eigenvalue weighted by atomic mass is 35.5. The van der Waals surface area contributed by atoms with Crippen molar-refractivity contribution >= 4 is 22.5 Å². The zero-order chi connectivity index (χ0) is 14.7. The van der Waals surface area contributed by atoms with Crippen LogP contribution in [-0.2, 0) is 0 Å². The van der Waals surface area contributed by atoms with Crippen LogP contribution in [0.1, 0.15) is 18.1 Å². The summed E-state index contributed by atoms with van der Waals surface area (Å²) < 4.78 is 0. The topological polar surface area (TPSA) is 85.6 Å². The van der Waals surface area contributed by atoms with Crippen molar-refractivity contribution in [2.45, 2.75) is 18.6 Å². The van der Waals surface area contributed by atoms with Crippen LogP contribution >= 0.6 is 11.6 Å². The van der Waals surface area contributed by atoms with Crippen LogP contribution in [0.2, 0.25) is 5.02 Å². The normalized spacial score (nSPS) is 14.4. The number of benzene rings is 1. The van der Waals surface area contributed by atoms with E-state index in [1.54, 1.807) is 19.2 Å². The fourth-order valence-corrected chi connectivity index (χ4v) is 2.36. The molecule has 1 aromatic heterocycles. The number of nitrogens with one attached hydrogen (secondary N) is 1. The molecule has 20 heavy (non-hydrogen) atoms. The summed E-state index contributed by atoms with van der Waals surface area (Å²) in [5.74, 6) is -0.152. The first-order chi connectivity index (χ1) is 9.56. The van der Waals surface area contributed by atoms with E-state index in [2.05, 4.69) is 10.3 Å². The number of hydrogen-bond donors (Lipinski definition) is 4. The van der Waals surface area contributed by atoms with Crippen molar-refractivity contribution < 1.29 is 15.3 Å². The molecule has 0 bridgehead atoms. The smallest absolute Gasteiger partial charge is 0.147 e. The molecule has 0 radical (unpaired) electrons. The van der Waals surface area contributed by atoms with E-state index in [0.717, 1.165) is 0 Å². The third-order valence-corrected chi connectivity index (χ3v) is 3.53. The zero-order valence-electron chi connectivity index (χ0n) is 11.0. The van der Waals surface area contributed by atoms with Crippen molar-refractivity contribution in [3.63, 3.8) is 0 Å². The minimum absolute atomic E-state index is 0.152. The molecule has 5 nitrogen and oxygen atoms in total. The summed E-state index contributed by atoms with van der Waals surface area (Å²) in [5, 5.41) is 34.2. The number of fused-ring (bicyclic) bond motifs is 1. The van der Waals surface area contributed by atoms with Gasteiger partial charge in [0, 0.05) is 17.1 Å². The molecule has 4 N–H and O–H groups in total. The molecule has 2 rings (SSSR count). The van der Waals surface area contributed by atoms with Gasteiger partial charge in [-0.15, -0.1) is 0 Å². The Labute approximate surface area is 121 Å². The number of phenolic OH excluding ortho intramolecular Hbond substituents is 1. The van der Waals surface area contributed by atoms with Gasteiger partial charge in [-0.2, -0.15) is 0 Å². The Morgan fingerprint density at radius 3 is 2.85 bits per heavy atom. The Morgan fingerprint density at radius 1 is 1.40 bits per heavy atom. The van der Waals surface area contributed by atoms with Crippen molar-refractivity contribution in [3.05, 3.63) is 35.0 Å². The van der Waals surface area contributed by atoms with Gasteiger partial charge in [0.25, 0.3) is 0 Å². The van der Waals surface area contributed by atoms with Crippen molar-refractivity contribution in [2.24, 2.45) is 0 Å². The predicted octanol–water partition coefficient (Wildman–Crippen LogP) is 1.60. The standard InChI is InChI=1S/C14H17ClN2O3/c1-16-6-4-11(18)13(19)9-7-10(15)8-3-2-5-17-12(8)14(9)20/h2-3,5,7,11,13,16,18-20H,4,6H2,1H3. The summed E-state index contributed by atoms with van der Waals surface area (Å²) in [6.45, 7) is 0.554. The maximum absolute atomic E-state index is 10.2. The maximum Gasteiger partial charge on any atom is 0.147 e. The average Bonchev–Trinajstić information content (AvgIpc) is 2.47. The van der Waals surface area contributed by atoms with Crippen LogP contribution in [0, 0.1) is 0 Å². The highest BCUT2D eigenvalue weighted by Gasteiger charge is 2.23. The molecule has 0 spiro atoms. The second-order valence-corrected chi connectivity index (χ2v) is 5.01. The second-order valence-electron chi connectivity index (χ2n) is 4.60. The largest absolute Gasteiger partial charge is 0.505 e. The van der Waals surface area contributed by atoms with E-state index >= 15 is 0 Å². The third kappa shape index (κ3) is 2.86. The van der Waals surface area contributed by atoms with Crippen molar-refractivity contribution in [3.8, 4) is 5.75 Å². The number of phenols is 1. The molecule has 0 saturated carbocycles. The molecule has 0 saturated heterocycles. The van der Waals surface area contributed by atoms with Crippen LogP contribution in [0.25, 0.3) is 10.9 Å². The molecule has 108 valence electrons. The molecule has 0 aliphatic carbocycles. The monoisotopic (exact) mass is 296 g/mol. The number of aliphatic hydroxyl groups is 2. The summed E-state index contributed by atoms with van der Waals surface area (Å²) in [7, 11) is 1.76. The number of hydrogen-bond acceptors (Lipinski definition) is 5. The van der Waals surface area contributed by atoms with E-state index in [0.29, 0.717) is 28.9 Å². The number of aromatic nitrogens is 1. The molecule has 1 aromatic carbocycles. The zero-order valence-corrected chi connectivity index (χ0v) is 11.8. The lowest BCUT2D eigenvalue weighted by atomic mass is 9.99. The number of nitrogens with zero attached hydrogens (tertiary/aromatic N) is 1. The fourth-order valence-electron chi connectivity index (χ4n) is 2.09. The molecule has 1 heterocycles. The molecule has 2 atom stereocenters. The highest BCUT2D eigenvalue weighted by molar-refractivity contribution is 6.35. The third-order valence-electron chi connectivity index (χ3n) is 3.22. The van der Waals surface area contributed by atoms with E-state index in [9.17, 15) is 15.3 Å². The lowest BCUT2D eigenvalue weighted by Gasteiger charge is -2.20. The van der Waals surface area contributed by atoms with Gasteiger partial charge >= 0.3 is 0 Å². The van der Waals surface area contributed by atoms with E-state index in [4.69, 9.17) is 11.6 Å². The van der Waals surface area contributed by atoms with Crippen molar-refractivity contribution in [1.29, 1.82) is 0 Å². The Kier molecular flexibility index (Phi) is 4.77. The van der Waals surface area contributed by atoms with Crippen molar-refractivity contribution in [1.82, 2.24) is 10.3 Å². The molecular formula is C14H17ClN2O3. The Morgan fingerprint density at radius 2 is 2.15 bits per heavy atom. The lowest BCUT2D eigenvalue weighted by Crippen LogP contribution is -2.23. The van der Waals surface area contributed by atoms with Gasteiger partial charge in [-0.1, -0.05) is 11.6 Å². The van der Waals surface area contributed by atoms with Crippen molar-refractivity contribution in [2.75, 3.05) is 13.6 Å². The quantitative estimate of drug-likeness (QED) is 0.673. The molecule has 0 amide bonds. The summed E-state index contributed by atoms with van der Waals surface area (Å²) >= 11 is 6.13. The Balaban J connectivity index is 2.42. The number of halogens is 1. The first-order valence-corrected chi connectivity index (χ1v) is 6.71.